The van der Waals surface area contributed by atoms with Gasteiger partial charge in [-0.15, -0.1) is 0 Å². The van der Waals surface area contributed by atoms with Crippen molar-refractivity contribution in [2.75, 3.05) is 0 Å². The molecule has 0 spiro atoms. The first-order valence-corrected chi connectivity index (χ1v) is 1.11. The smallest absolute Gasteiger partial charge is 2.00 e. The topological polar surface area (TPSA) is 68.6 Å². The van der Waals surface area contributed by atoms with Crippen molar-refractivity contribution >= 4 is 5.97 Å². The van der Waals surface area contributed by atoms with Crippen molar-refractivity contribution in [3.8, 4) is 0 Å². The number of aliphatic carboxylic acids is 1. The third-order valence-corrected chi connectivity index (χ3v) is 0.167. The van der Waals surface area contributed by atoms with E-state index < -0.39 is 5.97 Å². The van der Waals surface area contributed by atoms with Crippen molar-refractivity contribution in [2.45, 2.75) is 0 Å². The maximum absolute atomic E-state index is 9.14. The van der Waals surface area contributed by atoms with E-state index in [2.05, 4.69) is 6.58 Å². The Bertz CT molecular complexity index is 61.2. The van der Waals surface area contributed by atoms with Crippen molar-refractivity contribution in [1.82, 2.24) is 0 Å². The Labute approximate surface area is 52.1 Å². The van der Waals surface area contributed by atoms with Crippen LogP contribution >= 0.6 is 0 Å². The van der Waals surface area contributed by atoms with Crippen LogP contribution in [0.3, 0.4) is 0 Å². The second-order valence-electron chi connectivity index (χ2n) is 0.523. The Balaban J connectivity index is -0.0000000800. The Kier molecular flexibility index (Phi) is 20.9. The monoisotopic (exact) mass is 139 g/mol. The van der Waals surface area contributed by atoms with E-state index in [9.17, 15) is 0 Å². The van der Waals surface area contributed by atoms with Crippen LogP contribution in [0, 0.1) is 0 Å². The van der Waals surface area contributed by atoms with Gasteiger partial charge in [0, 0.05) is 0 Å². The van der Waals surface area contributed by atoms with E-state index in [0.717, 1.165) is 6.08 Å². The van der Waals surface area contributed by atoms with Gasteiger partial charge in [0.25, 0.3) is 0 Å². The summed E-state index contributed by atoms with van der Waals surface area (Å²) in [6, 6.07) is 0. The van der Waals surface area contributed by atoms with E-state index in [-0.39, 0.29) is 22.8 Å². The van der Waals surface area contributed by atoms with Crippen LogP contribution in [0.4, 0.5) is 0 Å². The Morgan fingerprint density at radius 2 is 1.86 bits per heavy atom. The molecule has 3 nitrogen and oxygen atoms in total. The molecule has 0 heterocycles. The van der Waals surface area contributed by atoms with Crippen LogP contribution in [-0.2, 0) is 27.6 Å². The molecule has 4 heteroatoms. The number of hydrogen-bond donors (Lipinski definition) is 0. The van der Waals surface area contributed by atoms with Gasteiger partial charge in [-0.2, -0.15) is 0 Å². The molecule has 39 valence electrons. The summed E-state index contributed by atoms with van der Waals surface area (Å²) >= 11 is 0. The molecule has 0 aliphatic rings. The molecule has 0 atom stereocenters. The first kappa shape index (κ1) is 15.9. The molecule has 1 radical (unpaired) electrons. The molecule has 0 amide bonds. The minimum Gasteiger partial charge on any atom is -2.00 e. The van der Waals surface area contributed by atoms with Crippen LogP contribution in [0.25, 0.3) is 0 Å². The molecule has 0 rings (SSSR count). The van der Waals surface area contributed by atoms with Crippen molar-refractivity contribution in [1.29, 1.82) is 0 Å². The van der Waals surface area contributed by atoms with E-state index in [1.807, 2.05) is 0 Å². The maximum atomic E-state index is 9.14. The van der Waals surface area contributed by atoms with Gasteiger partial charge >= 0.3 is 17.4 Å². The molecule has 0 aromatic rings. The average Bonchev–Trinajstić information content (AvgIpc) is 1.38. The molecular formula is C3H3CrO3. The predicted molar refractivity (Wildman–Crippen MR) is 15.9 cm³/mol. The van der Waals surface area contributed by atoms with E-state index in [1.165, 1.54) is 0 Å². The van der Waals surface area contributed by atoms with Crippen LogP contribution in [0.5, 0.6) is 0 Å². The molecule has 0 fully saturated rings. The molecule has 0 N–H and O–H groups in total. The van der Waals surface area contributed by atoms with Crippen LogP contribution in [0.2, 0.25) is 0 Å². The summed E-state index contributed by atoms with van der Waals surface area (Å²) in [5.41, 5.74) is 0. The Morgan fingerprint density at radius 1 is 1.71 bits per heavy atom. The van der Waals surface area contributed by atoms with Gasteiger partial charge in [-0.1, -0.05) is 6.58 Å². The summed E-state index contributed by atoms with van der Waals surface area (Å²) in [6.45, 7) is 2.90. The second kappa shape index (κ2) is 9.20. The zero-order valence-electron chi connectivity index (χ0n) is 3.42. The van der Waals surface area contributed by atoms with Gasteiger partial charge < -0.3 is 15.4 Å². The Hall–Kier alpha value is -0.298. The second-order valence-corrected chi connectivity index (χ2v) is 0.523. The van der Waals surface area contributed by atoms with Gasteiger partial charge in [-0.3, -0.25) is 0 Å². The summed E-state index contributed by atoms with van der Waals surface area (Å²) in [4.78, 5) is 9.14. The van der Waals surface area contributed by atoms with Gasteiger partial charge in [0.05, 0.1) is 5.97 Å². The van der Waals surface area contributed by atoms with E-state index in [0.29, 0.717) is 0 Å². The number of rotatable bonds is 1. The first-order chi connectivity index (χ1) is 2.27. The standard InChI is InChI=1S/C3H4O2.Cr.O/c1-2-3(4)5;;/h2H,1H2,(H,4,5);;/q;+3;-2/p-1. The van der Waals surface area contributed by atoms with Crippen LogP contribution in [-0.4, -0.2) is 5.97 Å². The quantitative estimate of drug-likeness (QED) is 0.428. The van der Waals surface area contributed by atoms with E-state index in [1.54, 1.807) is 0 Å². The van der Waals surface area contributed by atoms with Crippen LogP contribution in [0.1, 0.15) is 0 Å². The van der Waals surface area contributed by atoms with Crippen molar-refractivity contribution in [3.05, 3.63) is 12.7 Å². The SMILES string of the molecule is C=CC(=O)[O-].[Cr+3].[O-2]. The maximum Gasteiger partial charge on any atom is 3.00 e. The molecule has 0 aromatic heterocycles. The normalized spacial score (nSPS) is 4.57. The zero-order chi connectivity index (χ0) is 4.28. The van der Waals surface area contributed by atoms with E-state index in [4.69, 9.17) is 9.90 Å². The summed E-state index contributed by atoms with van der Waals surface area (Å²) in [7, 11) is 0. The van der Waals surface area contributed by atoms with Gasteiger partial charge in [0.15, 0.2) is 0 Å². The summed E-state index contributed by atoms with van der Waals surface area (Å²) in [5.74, 6) is -1.23. The Morgan fingerprint density at radius 3 is 1.86 bits per heavy atom. The molecule has 0 aromatic carbocycles. The van der Waals surface area contributed by atoms with Crippen LogP contribution in [0.15, 0.2) is 12.7 Å². The van der Waals surface area contributed by atoms with Crippen molar-refractivity contribution < 1.29 is 32.7 Å². The predicted octanol–water partition coefficient (Wildman–Crippen LogP) is -1.20. The molecule has 0 aliphatic heterocycles. The fourth-order valence-electron chi connectivity index (χ4n) is 0. The molecular weight excluding hydrogens is 136 g/mol. The number of carboxylic acids is 1. The fraction of sp³-hybridized carbons (Fsp3) is 0. The zero-order valence-corrected chi connectivity index (χ0v) is 4.69. The minimum atomic E-state index is -1.23. The third-order valence-electron chi connectivity index (χ3n) is 0.167. The number of carbonyl (C=O) groups excluding carboxylic acids is 1. The van der Waals surface area contributed by atoms with Crippen molar-refractivity contribution in [3.63, 3.8) is 0 Å². The molecule has 0 saturated heterocycles. The average molecular weight is 139 g/mol. The molecule has 0 saturated carbocycles. The molecule has 0 bridgehead atoms. The van der Waals surface area contributed by atoms with Crippen LogP contribution < -0.4 is 5.11 Å². The minimum absolute atomic E-state index is 0. The molecule has 7 heavy (non-hydrogen) atoms. The largest absolute Gasteiger partial charge is 3.00 e. The summed E-state index contributed by atoms with van der Waals surface area (Å²) in [5, 5.41) is 9.14. The number of carboxylic acid groups (broad SMARTS) is 1. The van der Waals surface area contributed by atoms with Gasteiger partial charge in [0.1, 0.15) is 0 Å². The first-order valence-electron chi connectivity index (χ1n) is 1.11. The number of carbonyl (C=O) groups is 1. The van der Waals surface area contributed by atoms with Gasteiger partial charge in [-0.05, 0) is 6.08 Å². The van der Waals surface area contributed by atoms with E-state index >= 15 is 0 Å². The summed E-state index contributed by atoms with van der Waals surface area (Å²) < 4.78 is 0. The van der Waals surface area contributed by atoms with Gasteiger partial charge in [-0.25, -0.2) is 0 Å². The fourth-order valence-corrected chi connectivity index (χ4v) is 0. The number of hydrogen-bond acceptors (Lipinski definition) is 2. The molecule has 0 aliphatic carbocycles. The van der Waals surface area contributed by atoms with Crippen molar-refractivity contribution in [2.24, 2.45) is 0 Å². The third kappa shape index (κ3) is 27.0. The van der Waals surface area contributed by atoms with Gasteiger partial charge in [0.2, 0.25) is 0 Å². The summed E-state index contributed by atoms with van der Waals surface area (Å²) in [6.07, 6.45) is 0.722. The molecule has 0 unspecified atom stereocenters.